The van der Waals surface area contributed by atoms with Crippen molar-refractivity contribution < 1.29 is 9.53 Å². The van der Waals surface area contributed by atoms with E-state index in [1.54, 1.807) is 6.07 Å². The summed E-state index contributed by atoms with van der Waals surface area (Å²) in [6.07, 6.45) is 0. The van der Waals surface area contributed by atoms with Gasteiger partial charge in [0.2, 0.25) is 0 Å². The van der Waals surface area contributed by atoms with Crippen molar-refractivity contribution in [2.24, 2.45) is 0 Å². The lowest BCUT2D eigenvalue weighted by molar-refractivity contribution is 0.0977. The average Bonchev–Trinajstić information content (AvgIpc) is 2.50. The first kappa shape index (κ1) is 16.0. The fraction of sp³-hybridized carbons (Fsp3) is 0.176. The molecule has 0 aliphatic rings. The fourth-order valence-electron chi connectivity index (χ4n) is 1.96. The summed E-state index contributed by atoms with van der Waals surface area (Å²) in [6.45, 7) is 4.44. The average molecular weight is 314 g/mol. The van der Waals surface area contributed by atoms with Crippen molar-refractivity contribution >= 4 is 28.9 Å². The number of carbonyl (C=O) groups excluding carboxylic acids is 1. The molecule has 2 aromatic rings. The Labute approximate surface area is 135 Å². The van der Waals surface area contributed by atoms with Crippen molar-refractivity contribution in [1.29, 1.82) is 0 Å². The first-order valence-corrected chi connectivity index (χ1v) is 7.42. The number of benzene rings is 2. The molecule has 0 fully saturated rings. The summed E-state index contributed by atoms with van der Waals surface area (Å²) in [5.74, 6) is 0.574. The summed E-state index contributed by atoms with van der Waals surface area (Å²) in [5, 5.41) is 5.91. The molecule has 0 aliphatic heterocycles. The number of nitrogens with one attached hydrogen (secondary N) is 2. The molecule has 5 heteroatoms. The highest BCUT2D eigenvalue weighted by Gasteiger charge is 2.09. The van der Waals surface area contributed by atoms with Crippen molar-refractivity contribution in [3.63, 3.8) is 0 Å². The third kappa shape index (κ3) is 4.30. The second-order valence-electron chi connectivity index (χ2n) is 4.68. The van der Waals surface area contributed by atoms with Gasteiger partial charge in [-0.15, -0.1) is 0 Å². The lowest BCUT2D eigenvalue weighted by Gasteiger charge is -2.11. The quantitative estimate of drug-likeness (QED) is 0.848. The monoisotopic (exact) mass is 314 g/mol. The molecule has 0 saturated heterocycles. The molecule has 0 unspecified atom stereocenters. The molecule has 2 rings (SSSR count). The standard InChI is InChI=1S/C17H18N2O2S/c1-3-21-14-10-8-13(9-11-14)18-17(22)19-16(20)15-7-5-4-6-12(15)2/h4-11H,3H2,1-2H3,(H2,18,19,20,22). The van der Waals surface area contributed by atoms with Crippen molar-refractivity contribution in [2.75, 3.05) is 11.9 Å². The zero-order valence-electron chi connectivity index (χ0n) is 12.6. The molecule has 0 aliphatic carbocycles. The number of rotatable bonds is 4. The molecule has 0 spiro atoms. The van der Waals surface area contributed by atoms with Gasteiger partial charge in [-0.3, -0.25) is 10.1 Å². The summed E-state index contributed by atoms with van der Waals surface area (Å²) >= 11 is 5.17. The Balaban J connectivity index is 1.95. The van der Waals surface area contributed by atoms with E-state index in [1.807, 2.05) is 56.3 Å². The molecular formula is C17H18N2O2S. The molecule has 0 radical (unpaired) electrons. The molecule has 22 heavy (non-hydrogen) atoms. The van der Waals surface area contributed by atoms with E-state index < -0.39 is 0 Å². The van der Waals surface area contributed by atoms with Gasteiger partial charge in [-0.25, -0.2) is 0 Å². The van der Waals surface area contributed by atoms with Gasteiger partial charge < -0.3 is 10.1 Å². The van der Waals surface area contributed by atoms with Gasteiger partial charge in [-0.2, -0.15) is 0 Å². The van der Waals surface area contributed by atoms with Gasteiger partial charge in [0.25, 0.3) is 5.91 Å². The normalized spacial score (nSPS) is 9.91. The van der Waals surface area contributed by atoms with E-state index in [4.69, 9.17) is 17.0 Å². The second kappa shape index (κ2) is 7.56. The maximum absolute atomic E-state index is 12.1. The molecule has 0 aromatic heterocycles. The minimum atomic E-state index is -0.221. The number of thiocarbonyl (C=S) groups is 1. The number of ether oxygens (including phenoxy) is 1. The van der Waals surface area contributed by atoms with Crippen LogP contribution in [0.15, 0.2) is 48.5 Å². The van der Waals surface area contributed by atoms with Crippen LogP contribution in [0.5, 0.6) is 5.75 Å². The number of anilines is 1. The number of carbonyl (C=O) groups is 1. The number of amides is 1. The maximum atomic E-state index is 12.1. The smallest absolute Gasteiger partial charge is 0.257 e. The number of aryl methyl sites for hydroxylation is 1. The number of hydrogen-bond donors (Lipinski definition) is 2. The van der Waals surface area contributed by atoms with Gasteiger partial charge >= 0.3 is 0 Å². The van der Waals surface area contributed by atoms with Crippen LogP contribution < -0.4 is 15.4 Å². The highest BCUT2D eigenvalue weighted by molar-refractivity contribution is 7.80. The zero-order chi connectivity index (χ0) is 15.9. The van der Waals surface area contributed by atoms with Crippen LogP contribution in [0.2, 0.25) is 0 Å². The predicted molar refractivity (Wildman–Crippen MR) is 92.5 cm³/mol. The molecule has 2 aromatic carbocycles. The first-order chi connectivity index (χ1) is 10.6. The Hall–Kier alpha value is -2.40. The van der Waals surface area contributed by atoms with Crippen LogP contribution in [0.25, 0.3) is 0 Å². The van der Waals surface area contributed by atoms with Crippen LogP contribution in [0, 0.1) is 6.92 Å². The number of hydrogen-bond acceptors (Lipinski definition) is 3. The lowest BCUT2D eigenvalue weighted by atomic mass is 10.1. The van der Waals surface area contributed by atoms with E-state index in [2.05, 4.69) is 10.6 Å². The molecule has 0 heterocycles. The predicted octanol–water partition coefficient (Wildman–Crippen LogP) is 3.52. The van der Waals surface area contributed by atoms with E-state index >= 15 is 0 Å². The summed E-state index contributed by atoms with van der Waals surface area (Å²) in [7, 11) is 0. The highest BCUT2D eigenvalue weighted by Crippen LogP contribution is 2.15. The largest absolute Gasteiger partial charge is 0.494 e. The van der Waals surface area contributed by atoms with E-state index in [1.165, 1.54) is 0 Å². The summed E-state index contributed by atoms with van der Waals surface area (Å²) in [6, 6.07) is 14.7. The SMILES string of the molecule is CCOc1ccc(NC(=S)NC(=O)c2ccccc2C)cc1. The third-order valence-corrected chi connectivity index (χ3v) is 3.24. The van der Waals surface area contributed by atoms with Crippen LogP contribution in [-0.2, 0) is 0 Å². The van der Waals surface area contributed by atoms with Gasteiger partial charge in [0.1, 0.15) is 5.75 Å². The van der Waals surface area contributed by atoms with Crippen LogP contribution in [0.3, 0.4) is 0 Å². The Morgan fingerprint density at radius 2 is 1.82 bits per heavy atom. The van der Waals surface area contributed by atoms with E-state index in [0.29, 0.717) is 12.2 Å². The van der Waals surface area contributed by atoms with Crippen molar-refractivity contribution in [1.82, 2.24) is 5.32 Å². The topological polar surface area (TPSA) is 50.4 Å². The lowest BCUT2D eigenvalue weighted by Crippen LogP contribution is -2.34. The minimum absolute atomic E-state index is 0.221. The molecule has 2 N–H and O–H groups in total. The highest BCUT2D eigenvalue weighted by atomic mass is 32.1. The minimum Gasteiger partial charge on any atom is -0.494 e. The molecule has 114 valence electrons. The molecule has 0 bridgehead atoms. The fourth-order valence-corrected chi connectivity index (χ4v) is 2.17. The first-order valence-electron chi connectivity index (χ1n) is 7.01. The van der Waals surface area contributed by atoms with Crippen LogP contribution in [0.1, 0.15) is 22.8 Å². The van der Waals surface area contributed by atoms with Gasteiger partial charge in [0.05, 0.1) is 6.61 Å². The summed E-state index contributed by atoms with van der Waals surface area (Å²) in [5.41, 5.74) is 2.31. The van der Waals surface area contributed by atoms with Gasteiger partial charge in [-0.05, 0) is 62.0 Å². The van der Waals surface area contributed by atoms with Crippen molar-refractivity contribution in [2.45, 2.75) is 13.8 Å². The molecule has 0 saturated carbocycles. The Morgan fingerprint density at radius 3 is 2.45 bits per heavy atom. The summed E-state index contributed by atoms with van der Waals surface area (Å²) in [4.78, 5) is 12.1. The Bertz CT molecular complexity index is 669. The maximum Gasteiger partial charge on any atom is 0.257 e. The molecule has 4 nitrogen and oxygen atoms in total. The zero-order valence-corrected chi connectivity index (χ0v) is 13.4. The van der Waals surface area contributed by atoms with Gasteiger partial charge in [0.15, 0.2) is 5.11 Å². The molecule has 1 amide bonds. The van der Waals surface area contributed by atoms with Gasteiger partial charge in [0, 0.05) is 11.3 Å². The van der Waals surface area contributed by atoms with E-state index in [-0.39, 0.29) is 11.0 Å². The van der Waals surface area contributed by atoms with Crippen molar-refractivity contribution in [3.8, 4) is 5.75 Å². The van der Waals surface area contributed by atoms with E-state index in [0.717, 1.165) is 17.0 Å². The molecular weight excluding hydrogens is 296 g/mol. The van der Waals surface area contributed by atoms with Crippen LogP contribution in [-0.4, -0.2) is 17.6 Å². The third-order valence-electron chi connectivity index (χ3n) is 3.04. The Morgan fingerprint density at radius 1 is 1.14 bits per heavy atom. The second-order valence-corrected chi connectivity index (χ2v) is 5.09. The summed E-state index contributed by atoms with van der Waals surface area (Å²) < 4.78 is 5.37. The van der Waals surface area contributed by atoms with Gasteiger partial charge in [-0.1, -0.05) is 18.2 Å². The van der Waals surface area contributed by atoms with E-state index in [9.17, 15) is 4.79 Å². The molecule has 0 atom stereocenters. The van der Waals surface area contributed by atoms with Crippen molar-refractivity contribution in [3.05, 3.63) is 59.7 Å². The Kier molecular flexibility index (Phi) is 5.49. The van der Waals surface area contributed by atoms with Crippen LogP contribution in [0.4, 0.5) is 5.69 Å². The van der Waals surface area contributed by atoms with Crippen LogP contribution >= 0.6 is 12.2 Å².